The second-order valence-electron chi connectivity index (χ2n) is 6.27. The van der Waals surface area contributed by atoms with Crippen molar-refractivity contribution in [3.05, 3.63) is 17.7 Å². The fourth-order valence-electron chi connectivity index (χ4n) is 2.70. The van der Waals surface area contributed by atoms with Gasteiger partial charge in [-0.2, -0.15) is 0 Å². The number of rotatable bonds is 15. The summed E-state index contributed by atoms with van der Waals surface area (Å²) in [6, 6.07) is 0. The Kier molecular flexibility index (Phi) is 15.2. The van der Waals surface area contributed by atoms with Crippen LogP contribution >= 0.6 is 0 Å². The molecule has 0 atom stereocenters. The van der Waals surface area contributed by atoms with Gasteiger partial charge in [0.1, 0.15) is 5.82 Å². The predicted molar refractivity (Wildman–Crippen MR) is 93.5 cm³/mol. The van der Waals surface area contributed by atoms with E-state index in [4.69, 9.17) is 0 Å². The number of H-pyrrole nitrogens is 1. The van der Waals surface area contributed by atoms with Crippen LogP contribution in [0.5, 0.6) is 0 Å². The molecule has 0 radical (unpaired) electrons. The van der Waals surface area contributed by atoms with E-state index in [1.807, 2.05) is 0 Å². The third-order valence-electron chi connectivity index (χ3n) is 4.05. The van der Waals surface area contributed by atoms with Crippen molar-refractivity contribution in [1.82, 2.24) is 9.97 Å². The average molecular weight is 383 g/mol. The molecule has 6 nitrogen and oxygen atoms in total. The number of aromatic nitrogens is 2. The molecular weight excluding hydrogens is 351 g/mol. The van der Waals surface area contributed by atoms with E-state index in [9.17, 15) is 13.0 Å². The zero-order chi connectivity index (χ0) is 17.7. The maximum Gasteiger partial charge on any atom is 1.00 e. The first-order valence-corrected chi connectivity index (χ1v) is 10.5. The fourth-order valence-corrected chi connectivity index (χ4v) is 2.99. The van der Waals surface area contributed by atoms with E-state index in [1.54, 1.807) is 6.20 Å². The molecule has 0 aromatic carbocycles. The number of unbranched alkanes of at least 4 members (excludes halogenated alkanes) is 9. The molecule has 1 N–H and O–H groups in total. The van der Waals surface area contributed by atoms with Crippen LogP contribution in [0.15, 0.2) is 6.20 Å². The van der Waals surface area contributed by atoms with Gasteiger partial charge in [0.05, 0.1) is 6.61 Å². The smallest absolute Gasteiger partial charge is 0.726 e. The van der Waals surface area contributed by atoms with Gasteiger partial charge >= 0.3 is 29.6 Å². The summed E-state index contributed by atoms with van der Waals surface area (Å²) in [4.78, 5) is 7.31. The summed E-state index contributed by atoms with van der Waals surface area (Å²) in [6.45, 7) is 2.07. The molecule has 140 valence electrons. The Balaban J connectivity index is 0.00000576. The SMILES string of the molecule is CCCCCCCCCCCCc1cnc(CCOS(=O)(=O)[O-])[nH]1.[Na+]. The number of imidazole rings is 1. The van der Waals surface area contributed by atoms with Crippen molar-refractivity contribution in [3.8, 4) is 0 Å². The van der Waals surface area contributed by atoms with E-state index in [-0.39, 0.29) is 36.2 Å². The van der Waals surface area contributed by atoms with Gasteiger partial charge in [-0.25, -0.2) is 13.4 Å². The third-order valence-corrected chi connectivity index (χ3v) is 4.50. The zero-order valence-electron chi connectivity index (χ0n) is 15.8. The maximum absolute atomic E-state index is 10.3. The van der Waals surface area contributed by atoms with Crippen LogP contribution in [0.1, 0.15) is 82.7 Å². The minimum atomic E-state index is -4.61. The molecule has 0 amide bonds. The molecule has 0 bridgehead atoms. The van der Waals surface area contributed by atoms with Crippen molar-refractivity contribution in [2.24, 2.45) is 0 Å². The topological polar surface area (TPSA) is 95.1 Å². The molecule has 25 heavy (non-hydrogen) atoms. The van der Waals surface area contributed by atoms with E-state index in [1.165, 1.54) is 57.8 Å². The van der Waals surface area contributed by atoms with Gasteiger partial charge in [0.2, 0.25) is 10.4 Å². The molecule has 0 aliphatic heterocycles. The van der Waals surface area contributed by atoms with E-state index in [0.717, 1.165) is 18.5 Å². The van der Waals surface area contributed by atoms with Gasteiger partial charge in [0.25, 0.3) is 0 Å². The number of aromatic amines is 1. The summed E-state index contributed by atoms with van der Waals surface area (Å²) >= 11 is 0. The first kappa shape index (κ1) is 25.1. The molecule has 0 aliphatic carbocycles. The van der Waals surface area contributed by atoms with Crippen LogP contribution in [0.3, 0.4) is 0 Å². The average Bonchev–Trinajstić information content (AvgIpc) is 2.96. The second kappa shape index (κ2) is 15.2. The minimum Gasteiger partial charge on any atom is -0.726 e. The molecule has 0 aliphatic rings. The summed E-state index contributed by atoms with van der Waals surface area (Å²) < 4.78 is 35.2. The molecule has 1 aromatic rings. The van der Waals surface area contributed by atoms with Crippen LogP contribution in [0.2, 0.25) is 0 Å². The van der Waals surface area contributed by atoms with E-state index < -0.39 is 10.4 Å². The number of hydrogen-bond donors (Lipinski definition) is 1. The minimum absolute atomic E-state index is 0. The van der Waals surface area contributed by atoms with Gasteiger partial charge in [-0.3, -0.25) is 4.18 Å². The molecule has 1 aromatic heterocycles. The van der Waals surface area contributed by atoms with Gasteiger partial charge in [-0.05, 0) is 12.8 Å². The Bertz CT molecular complexity index is 535. The van der Waals surface area contributed by atoms with E-state index in [2.05, 4.69) is 21.1 Å². The summed E-state index contributed by atoms with van der Waals surface area (Å²) in [5.74, 6) is 0.653. The first-order valence-electron chi connectivity index (χ1n) is 9.14. The van der Waals surface area contributed by atoms with E-state index in [0.29, 0.717) is 12.2 Å². The quantitative estimate of drug-likeness (QED) is 0.210. The fraction of sp³-hybridized carbons (Fsp3) is 0.824. The standard InChI is InChI=1S/C17H32N2O4S.Na/c1-2-3-4-5-6-7-8-9-10-11-12-16-15-18-17(19-16)13-14-23-24(20,21)22;/h15H,2-14H2,1H3,(H,18,19)(H,20,21,22);/q;+1/p-1. The van der Waals surface area contributed by atoms with Crippen molar-refractivity contribution in [1.29, 1.82) is 0 Å². The summed E-state index contributed by atoms with van der Waals surface area (Å²) in [5.41, 5.74) is 1.05. The van der Waals surface area contributed by atoms with E-state index >= 15 is 0 Å². The molecule has 0 unspecified atom stereocenters. The monoisotopic (exact) mass is 382 g/mol. The number of hydrogen-bond acceptors (Lipinski definition) is 5. The first-order chi connectivity index (χ1) is 11.5. The van der Waals surface area contributed by atoms with Crippen LogP contribution in [0.4, 0.5) is 0 Å². The van der Waals surface area contributed by atoms with Crippen LogP contribution in [0, 0.1) is 0 Å². The summed E-state index contributed by atoms with van der Waals surface area (Å²) in [7, 11) is -4.61. The molecule has 0 saturated heterocycles. The van der Waals surface area contributed by atoms with Crippen molar-refractivity contribution >= 4 is 10.4 Å². The molecule has 1 rings (SSSR count). The number of aryl methyl sites for hydroxylation is 1. The van der Waals surface area contributed by atoms with Gasteiger partial charge in [-0.15, -0.1) is 0 Å². The Hall–Kier alpha value is 0.0800. The van der Waals surface area contributed by atoms with Crippen molar-refractivity contribution < 1.29 is 46.7 Å². The second-order valence-corrected chi connectivity index (χ2v) is 7.32. The summed E-state index contributed by atoms with van der Waals surface area (Å²) in [6.07, 6.45) is 16.1. The van der Waals surface area contributed by atoms with Crippen molar-refractivity contribution in [2.45, 2.75) is 84.0 Å². The predicted octanol–water partition coefficient (Wildman–Crippen LogP) is 0.896. The normalized spacial score (nSPS) is 11.4. The molecule has 1 heterocycles. The third kappa shape index (κ3) is 14.9. The van der Waals surface area contributed by atoms with Crippen LogP contribution < -0.4 is 29.6 Å². The number of nitrogens with one attached hydrogen (secondary N) is 1. The Morgan fingerprint density at radius 2 is 1.56 bits per heavy atom. The van der Waals surface area contributed by atoms with Crippen LogP contribution in [-0.4, -0.2) is 29.5 Å². The Morgan fingerprint density at radius 1 is 1.00 bits per heavy atom. The molecular formula is C17H31N2NaO4S. The largest absolute Gasteiger partial charge is 1.00 e. The van der Waals surface area contributed by atoms with Gasteiger partial charge in [-0.1, -0.05) is 64.7 Å². The number of nitrogens with zero attached hydrogens (tertiary/aromatic N) is 1. The molecule has 0 spiro atoms. The van der Waals surface area contributed by atoms with Crippen molar-refractivity contribution in [3.63, 3.8) is 0 Å². The maximum atomic E-state index is 10.3. The molecule has 0 saturated carbocycles. The van der Waals surface area contributed by atoms with Gasteiger partial charge in [0, 0.05) is 18.3 Å². The Labute approximate surface area is 174 Å². The summed E-state index contributed by atoms with van der Waals surface area (Å²) in [5, 5.41) is 0. The van der Waals surface area contributed by atoms with Gasteiger partial charge in [0.15, 0.2) is 0 Å². The van der Waals surface area contributed by atoms with Gasteiger partial charge < -0.3 is 9.54 Å². The molecule has 0 fully saturated rings. The van der Waals surface area contributed by atoms with Crippen LogP contribution in [-0.2, 0) is 27.4 Å². The molecule has 8 heteroatoms. The van der Waals surface area contributed by atoms with Crippen molar-refractivity contribution in [2.75, 3.05) is 6.61 Å². The van der Waals surface area contributed by atoms with Crippen LogP contribution in [0.25, 0.3) is 0 Å². The Morgan fingerprint density at radius 3 is 2.12 bits per heavy atom. The zero-order valence-corrected chi connectivity index (χ0v) is 18.6.